The lowest BCUT2D eigenvalue weighted by Crippen LogP contribution is -2.26. The van der Waals surface area contributed by atoms with E-state index in [0.717, 1.165) is 5.06 Å². The fraction of sp³-hybridized carbons (Fsp3) is 0.143. The molecule has 0 saturated carbocycles. The van der Waals surface area contributed by atoms with Crippen LogP contribution in [0.2, 0.25) is 0 Å². The molecule has 0 spiro atoms. The molecular weight excluding hydrogens is 374 g/mol. The molecule has 148 valence electrons. The van der Waals surface area contributed by atoms with Gasteiger partial charge in [-0.25, -0.2) is 4.98 Å². The maximum atomic E-state index is 12.7. The molecule has 3 aromatic rings. The van der Waals surface area contributed by atoms with Gasteiger partial charge in [0.25, 0.3) is 5.56 Å². The molecule has 0 saturated heterocycles. The van der Waals surface area contributed by atoms with Gasteiger partial charge in [-0.3, -0.25) is 23.8 Å². The van der Waals surface area contributed by atoms with E-state index in [1.807, 2.05) is 0 Å². The van der Waals surface area contributed by atoms with Gasteiger partial charge in [-0.1, -0.05) is 18.2 Å². The first kappa shape index (κ1) is 20.0. The Bertz CT molecular complexity index is 1200. The van der Waals surface area contributed by atoms with Gasteiger partial charge in [0.2, 0.25) is 5.91 Å². The molecule has 29 heavy (non-hydrogen) atoms. The number of amides is 1. The van der Waals surface area contributed by atoms with Crippen molar-refractivity contribution in [1.82, 2.24) is 9.55 Å². The van der Waals surface area contributed by atoms with E-state index in [1.165, 1.54) is 44.0 Å². The van der Waals surface area contributed by atoms with E-state index in [4.69, 9.17) is 4.84 Å². The highest BCUT2D eigenvalue weighted by molar-refractivity contribution is 6.10. The molecule has 3 rings (SSSR count). The number of ketones is 1. The topological polar surface area (TPSA) is 102 Å². The highest BCUT2D eigenvalue weighted by Crippen LogP contribution is 2.25. The number of hydrogen-bond donors (Lipinski definition) is 1. The first-order valence-electron chi connectivity index (χ1n) is 8.69. The van der Waals surface area contributed by atoms with Crippen LogP contribution in [0.15, 0.2) is 53.5 Å². The number of allylic oxidation sites excluding steroid dienone is 1. The Morgan fingerprint density at radius 2 is 2.00 bits per heavy atom. The van der Waals surface area contributed by atoms with Crippen molar-refractivity contribution in [1.29, 1.82) is 0 Å². The number of carbonyl (C=O) groups is 2. The molecule has 0 unspecified atom stereocenters. The van der Waals surface area contributed by atoms with Gasteiger partial charge in [-0.15, -0.1) is 0 Å². The largest absolute Gasteiger partial charge is 0.506 e. The predicted molar refractivity (Wildman–Crippen MR) is 109 cm³/mol. The number of hydroxylamine groups is 1. The molecule has 8 nitrogen and oxygen atoms in total. The Labute approximate surface area is 166 Å². The fourth-order valence-corrected chi connectivity index (χ4v) is 3.00. The Kier molecular flexibility index (Phi) is 5.56. The van der Waals surface area contributed by atoms with E-state index in [0.29, 0.717) is 16.6 Å². The predicted octanol–water partition coefficient (Wildman–Crippen LogP) is 2.45. The summed E-state index contributed by atoms with van der Waals surface area (Å²) in [5.41, 5.74) is 0.414. The summed E-state index contributed by atoms with van der Waals surface area (Å²) in [7, 11) is 2.86. The van der Waals surface area contributed by atoms with E-state index in [1.54, 1.807) is 36.4 Å². The van der Waals surface area contributed by atoms with Crippen LogP contribution < -0.4 is 10.6 Å². The third kappa shape index (κ3) is 3.78. The van der Waals surface area contributed by atoms with E-state index < -0.39 is 17.1 Å². The van der Waals surface area contributed by atoms with Crippen LogP contribution in [-0.2, 0) is 16.7 Å². The van der Waals surface area contributed by atoms with Crippen LogP contribution in [0, 0.1) is 0 Å². The number of fused-ring (bicyclic) bond motifs is 1. The molecule has 0 aliphatic rings. The van der Waals surface area contributed by atoms with E-state index in [-0.39, 0.29) is 17.1 Å². The summed E-state index contributed by atoms with van der Waals surface area (Å²) < 4.78 is 1.22. The molecule has 0 atom stereocenters. The second kappa shape index (κ2) is 8.07. The van der Waals surface area contributed by atoms with Crippen molar-refractivity contribution in [2.45, 2.75) is 6.92 Å². The Hall–Kier alpha value is -3.78. The lowest BCUT2D eigenvalue weighted by molar-refractivity contribution is -0.122. The molecule has 0 radical (unpaired) electrons. The maximum absolute atomic E-state index is 12.7. The molecule has 0 fully saturated rings. The zero-order valence-corrected chi connectivity index (χ0v) is 16.1. The second-order valence-electron chi connectivity index (χ2n) is 6.25. The van der Waals surface area contributed by atoms with Gasteiger partial charge in [-0.2, -0.15) is 5.06 Å². The molecule has 8 heteroatoms. The second-order valence-corrected chi connectivity index (χ2v) is 6.25. The number of aryl methyl sites for hydroxylation is 1. The smallest absolute Gasteiger partial charge is 0.266 e. The minimum absolute atomic E-state index is 0.284. The lowest BCUT2D eigenvalue weighted by Gasteiger charge is -2.17. The molecule has 1 amide bonds. The molecular formula is C21H19N3O5. The fourth-order valence-electron chi connectivity index (χ4n) is 3.00. The highest BCUT2D eigenvalue weighted by atomic mass is 16.7. The average molecular weight is 393 g/mol. The van der Waals surface area contributed by atoms with Crippen LogP contribution in [0.4, 0.5) is 5.69 Å². The molecule has 0 aliphatic carbocycles. The monoisotopic (exact) mass is 393 g/mol. The Morgan fingerprint density at radius 1 is 1.24 bits per heavy atom. The number of aromatic hydroxyl groups is 1. The minimum Gasteiger partial charge on any atom is -0.506 e. The number of hydrogen-bond acceptors (Lipinski definition) is 6. The van der Waals surface area contributed by atoms with Crippen molar-refractivity contribution >= 4 is 34.5 Å². The molecule has 0 aliphatic heterocycles. The van der Waals surface area contributed by atoms with E-state index in [2.05, 4.69) is 4.98 Å². The van der Waals surface area contributed by atoms with Crippen LogP contribution in [0.5, 0.6) is 5.75 Å². The van der Waals surface area contributed by atoms with Crippen LogP contribution in [-0.4, -0.2) is 33.5 Å². The molecule has 1 N–H and O–H groups in total. The van der Waals surface area contributed by atoms with Gasteiger partial charge in [-0.05, 0) is 35.9 Å². The number of rotatable bonds is 5. The van der Waals surface area contributed by atoms with Crippen LogP contribution >= 0.6 is 0 Å². The summed E-state index contributed by atoms with van der Waals surface area (Å²) in [6.07, 6.45) is 4.19. The zero-order valence-electron chi connectivity index (χ0n) is 16.1. The van der Waals surface area contributed by atoms with Crippen LogP contribution in [0.3, 0.4) is 0 Å². The van der Waals surface area contributed by atoms with Gasteiger partial charge in [0.15, 0.2) is 5.78 Å². The third-order valence-corrected chi connectivity index (χ3v) is 4.36. The van der Waals surface area contributed by atoms with E-state index >= 15 is 0 Å². The summed E-state index contributed by atoms with van der Waals surface area (Å²) in [6.45, 7) is 1.36. The molecule has 0 bridgehead atoms. The number of carbonyl (C=O) groups excluding carboxylic acids is 2. The molecule has 1 aromatic carbocycles. The molecule has 2 aromatic heterocycles. The van der Waals surface area contributed by atoms with Crippen molar-refractivity contribution < 1.29 is 19.5 Å². The normalized spacial score (nSPS) is 11.1. The number of anilines is 1. The van der Waals surface area contributed by atoms with Crippen molar-refractivity contribution in [2.75, 3.05) is 12.2 Å². The number of aromatic nitrogens is 2. The third-order valence-electron chi connectivity index (χ3n) is 4.36. The zero-order chi connectivity index (χ0) is 21.1. The standard InChI is InChI=1S/C21H19N3O5/c1-13(25)24(29-3)15-7-4-6-14(12-15)9-10-17(26)18-19(27)16-8-5-11-22-20(16)23(2)21(18)28/h4-12,27H,1-3H3/b10-9+. The van der Waals surface area contributed by atoms with Crippen molar-refractivity contribution in [2.24, 2.45) is 7.05 Å². The van der Waals surface area contributed by atoms with Gasteiger partial charge in [0.05, 0.1) is 18.2 Å². The number of pyridine rings is 2. The lowest BCUT2D eigenvalue weighted by atomic mass is 10.1. The SMILES string of the molecule is CON(C(C)=O)c1cccc(/C=C/C(=O)c2c(O)c3cccnc3n(C)c2=O)c1. The van der Waals surface area contributed by atoms with Crippen molar-refractivity contribution in [3.8, 4) is 5.75 Å². The van der Waals surface area contributed by atoms with Crippen molar-refractivity contribution in [3.63, 3.8) is 0 Å². The molecule has 2 heterocycles. The average Bonchev–Trinajstić information content (AvgIpc) is 2.71. The van der Waals surface area contributed by atoms with Crippen LogP contribution in [0.1, 0.15) is 22.8 Å². The number of nitrogens with zero attached hydrogens (tertiary/aromatic N) is 3. The quantitative estimate of drug-likeness (QED) is 0.406. The summed E-state index contributed by atoms with van der Waals surface area (Å²) >= 11 is 0. The van der Waals surface area contributed by atoms with Gasteiger partial charge in [0.1, 0.15) is 17.0 Å². The Balaban J connectivity index is 1.99. The van der Waals surface area contributed by atoms with Crippen molar-refractivity contribution in [3.05, 3.63) is 70.2 Å². The van der Waals surface area contributed by atoms with E-state index in [9.17, 15) is 19.5 Å². The summed E-state index contributed by atoms with van der Waals surface area (Å²) in [5.74, 6) is -1.35. The summed E-state index contributed by atoms with van der Waals surface area (Å²) in [4.78, 5) is 46.0. The van der Waals surface area contributed by atoms with Gasteiger partial charge < -0.3 is 5.11 Å². The van der Waals surface area contributed by atoms with Gasteiger partial charge in [0, 0.05) is 20.2 Å². The maximum Gasteiger partial charge on any atom is 0.266 e. The number of benzene rings is 1. The first-order chi connectivity index (χ1) is 13.8. The summed E-state index contributed by atoms with van der Waals surface area (Å²) in [5, 5.41) is 11.9. The Morgan fingerprint density at radius 3 is 2.69 bits per heavy atom. The first-order valence-corrected chi connectivity index (χ1v) is 8.69. The summed E-state index contributed by atoms with van der Waals surface area (Å²) in [6, 6.07) is 9.95. The van der Waals surface area contributed by atoms with Gasteiger partial charge >= 0.3 is 0 Å². The highest BCUT2D eigenvalue weighted by Gasteiger charge is 2.19. The minimum atomic E-state index is -0.644. The van der Waals surface area contributed by atoms with Crippen LogP contribution in [0.25, 0.3) is 17.1 Å².